The summed E-state index contributed by atoms with van der Waals surface area (Å²) in [5, 5.41) is 16.7. The van der Waals surface area contributed by atoms with E-state index in [0.717, 1.165) is 36.5 Å². The second-order valence-electron chi connectivity index (χ2n) is 6.08. The number of rotatable bonds is 3. The molecule has 116 valence electrons. The number of piperidine rings is 1. The molecule has 5 nitrogen and oxygen atoms in total. The van der Waals surface area contributed by atoms with Gasteiger partial charge in [-0.3, -0.25) is 9.89 Å². The average molecular weight is 299 g/mol. The molecule has 1 aliphatic rings. The van der Waals surface area contributed by atoms with E-state index in [2.05, 4.69) is 47.1 Å². The first-order valence-corrected chi connectivity index (χ1v) is 7.65. The van der Waals surface area contributed by atoms with Crippen molar-refractivity contribution in [3.63, 3.8) is 0 Å². The molecule has 2 heterocycles. The largest absolute Gasteiger partial charge is 0.481 e. The zero-order chi connectivity index (χ0) is 15.7. The lowest BCUT2D eigenvalue weighted by molar-refractivity contribution is -0.141. The number of benzene rings is 1. The third kappa shape index (κ3) is 2.84. The molecular formula is C17H21N3O2. The SMILES string of the molecule is Cc1ccc(-c2cc(N3CCCC(C(=O)O)C3)n[nH]2)c(C)c1. The molecular weight excluding hydrogens is 278 g/mol. The van der Waals surface area contributed by atoms with E-state index in [1.807, 2.05) is 6.07 Å². The lowest BCUT2D eigenvalue weighted by atomic mass is 9.98. The van der Waals surface area contributed by atoms with Crippen LogP contribution in [0.5, 0.6) is 0 Å². The average Bonchev–Trinajstić information content (AvgIpc) is 2.97. The maximum Gasteiger partial charge on any atom is 0.308 e. The number of carbonyl (C=O) groups is 1. The molecule has 1 aromatic carbocycles. The van der Waals surface area contributed by atoms with Gasteiger partial charge in [0.2, 0.25) is 0 Å². The zero-order valence-corrected chi connectivity index (χ0v) is 13.0. The highest BCUT2D eigenvalue weighted by molar-refractivity contribution is 5.72. The number of carboxylic acid groups (broad SMARTS) is 1. The molecule has 2 aromatic rings. The summed E-state index contributed by atoms with van der Waals surface area (Å²) in [4.78, 5) is 13.2. The molecule has 0 spiro atoms. The van der Waals surface area contributed by atoms with E-state index >= 15 is 0 Å². The molecule has 1 fully saturated rings. The van der Waals surface area contributed by atoms with Crippen molar-refractivity contribution in [2.24, 2.45) is 5.92 Å². The molecule has 0 radical (unpaired) electrons. The number of hydrogen-bond donors (Lipinski definition) is 2. The van der Waals surface area contributed by atoms with E-state index in [9.17, 15) is 9.90 Å². The Morgan fingerprint density at radius 2 is 2.18 bits per heavy atom. The van der Waals surface area contributed by atoms with Crippen molar-refractivity contribution in [3.05, 3.63) is 35.4 Å². The van der Waals surface area contributed by atoms with Crippen molar-refractivity contribution in [3.8, 4) is 11.3 Å². The number of nitrogens with one attached hydrogen (secondary N) is 1. The Kier molecular flexibility index (Phi) is 3.88. The summed E-state index contributed by atoms with van der Waals surface area (Å²) < 4.78 is 0. The van der Waals surface area contributed by atoms with Crippen LogP contribution in [-0.2, 0) is 4.79 Å². The Labute approximate surface area is 130 Å². The highest BCUT2D eigenvalue weighted by atomic mass is 16.4. The highest BCUT2D eigenvalue weighted by Crippen LogP contribution is 2.28. The summed E-state index contributed by atoms with van der Waals surface area (Å²) >= 11 is 0. The summed E-state index contributed by atoms with van der Waals surface area (Å²) in [7, 11) is 0. The Morgan fingerprint density at radius 3 is 2.91 bits per heavy atom. The molecule has 1 aliphatic heterocycles. The number of aromatic nitrogens is 2. The first kappa shape index (κ1) is 14.6. The van der Waals surface area contributed by atoms with Crippen molar-refractivity contribution < 1.29 is 9.90 Å². The predicted octanol–water partition coefficient (Wildman–Crippen LogP) is 2.99. The summed E-state index contributed by atoms with van der Waals surface area (Å²) in [6, 6.07) is 8.35. The van der Waals surface area contributed by atoms with Crippen LogP contribution in [-0.4, -0.2) is 34.4 Å². The Morgan fingerprint density at radius 1 is 1.36 bits per heavy atom. The van der Waals surface area contributed by atoms with Crippen LogP contribution in [0.1, 0.15) is 24.0 Å². The topological polar surface area (TPSA) is 69.2 Å². The molecule has 1 saturated heterocycles. The van der Waals surface area contributed by atoms with Crippen LogP contribution in [0.4, 0.5) is 5.82 Å². The second-order valence-corrected chi connectivity index (χ2v) is 6.08. The van der Waals surface area contributed by atoms with Gasteiger partial charge in [0, 0.05) is 24.7 Å². The van der Waals surface area contributed by atoms with E-state index < -0.39 is 5.97 Å². The fourth-order valence-corrected chi connectivity index (χ4v) is 3.11. The van der Waals surface area contributed by atoms with E-state index in [0.29, 0.717) is 6.54 Å². The van der Waals surface area contributed by atoms with Crippen LogP contribution in [0.15, 0.2) is 24.3 Å². The van der Waals surface area contributed by atoms with Crippen LogP contribution < -0.4 is 4.90 Å². The number of aromatic amines is 1. The minimum atomic E-state index is -0.713. The van der Waals surface area contributed by atoms with Crippen LogP contribution >= 0.6 is 0 Å². The van der Waals surface area contributed by atoms with Crippen molar-refractivity contribution in [2.75, 3.05) is 18.0 Å². The number of hydrogen-bond acceptors (Lipinski definition) is 3. The first-order chi connectivity index (χ1) is 10.5. The number of aliphatic carboxylic acids is 1. The lowest BCUT2D eigenvalue weighted by Gasteiger charge is -2.30. The van der Waals surface area contributed by atoms with Crippen LogP contribution in [0.2, 0.25) is 0 Å². The summed E-state index contributed by atoms with van der Waals surface area (Å²) in [5.74, 6) is -0.175. The molecule has 3 rings (SSSR count). The van der Waals surface area contributed by atoms with Crippen molar-refractivity contribution in [1.29, 1.82) is 0 Å². The van der Waals surface area contributed by atoms with Gasteiger partial charge in [-0.25, -0.2) is 0 Å². The second kappa shape index (κ2) is 5.83. The van der Waals surface area contributed by atoms with Crippen LogP contribution in [0.3, 0.4) is 0 Å². The summed E-state index contributed by atoms with van der Waals surface area (Å²) in [6.45, 7) is 5.56. The third-order valence-corrected chi connectivity index (χ3v) is 4.33. The van der Waals surface area contributed by atoms with Crippen molar-refractivity contribution in [1.82, 2.24) is 10.2 Å². The maximum absolute atomic E-state index is 11.2. The monoisotopic (exact) mass is 299 g/mol. The Hall–Kier alpha value is -2.30. The Balaban J connectivity index is 1.83. The summed E-state index contributed by atoms with van der Waals surface area (Å²) in [5.41, 5.74) is 4.56. The predicted molar refractivity (Wildman–Crippen MR) is 86.1 cm³/mol. The van der Waals surface area contributed by atoms with Gasteiger partial charge in [-0.05, 0) is 32.3 Å². The molecule has 0 aliphatic carbocycles. The third-order valence-electron chi connectivity index (χ3n) is 4.33. The normalized spacial score (nSPS) is 18.5. The first-order valence-electron chi connectivity index (χ1n) is 7.65. The van der Waals surface area contributed by atoms with Crippen molar-refractivity contribution in [2.45, 2.75) is 26.7 Å². The van der Waals surface area contributed by atoms with E-state index in [1.165, 1.54) is 11.1 Å². The molecule has 5 heteroatoms. The molecule has 2 N–H and O–H groups in total. The van der Waals surface area contributed by atoms with Gasteiger partial charge in [-0.15, -0.1) is 0 Å². The minimum absolute atomic E-state index is 0.296. The summed E-state index contributed by atoms with van der Waals surface area (Å²) in [6.07, 6.45) is 1.64. The molecule has 22 heavy (non-hydrogen) atoms. The minimum Gasteiger partial charge on any atom is -0.481 e. The van der Waals surface area contributed by atoms with Gasteiger partial charge in [0.05, 0.1) is 11.6 Å². The van der Waals surface area contributed by atoms with E-state index in [4.69, 9.17) is 0 Å². The van der Waals surface area contributed by atoms with Gasteiger partial charge in [0.25, 0.3) is 0 Å². The maximum atomic E-state index is 11.2. The van der Waals surface area contributed by atoms with Gasteiger partial charge >= 0.3 is 5.97 Å². The number of H-pyrrole nitrogens is 1. The lowest BCUT2D eigenvalue weighted by Crippen LogP contribution is -2.38. The molecule has 0 amide bonds. The quantitative estimate of drug-likeness (QED) is 0.914. The van der Waals surface area contributed by atoms with E-state index in [1.54, 1.807) is 0 Å². The van der Waals surface area contributed by atoms with E-state index in [-0.39, 0.29) is 5.92 Å². The molecule has 1 atom stereocenters. The highest BCUT2D eigenvalue weighted by Gasteiger charge is 2.26. The van der Waals surface area contributed by atoms with Gasteiger partial charge in [-0.1, -0.05) is 23.8 Å². The van der Waals surface area contributed by atoms with Gasteiger partial charge in [0.15, 0.2) is 5.82 Å². The van der Waals surface area contributed by atoms with Crippen molar-refractivity contribution >= 4 is 11.8 Å². The number of anilines is 1. The van der Waals surface area contributed by atoms with Crippen LogP contribution in [0.25, 0.3) is 11.3 Å². The fraction of sp³-hybridized carbons (Fsp3) is 0.412. The molecule has 1 unspecified atom stereocenters. The van der Waals surface area contributed by atoms with Gasteiger partial charge in [-0.2, -0.15) is 5.10 Å². The fourth-order valence-electron chi connectivity index (χ4n) is 3.11. The van der Waals surface area contributed by atoms with Crippen LogP contribution in [0, 0.1) is 19.8 Å². The van der Waals surface area contributed by atoms with Gasteiger partial charge in [0.1, 0.15) is 0 Å². The molecule has 0 bridgehead atoms. The number of aryl methyl sites for hydroxylation is 2. The van der Waals surface area contributed by atoms with Gasteiger partial charge < -0.3 is 10.0 Å². The molecule has 0 saturated carbocycles. The number of nitrogens with zero attached hydrogens (tertiary/aromatic N) is 2. The molecule has 1 aromatic heterocycles. The Bertz CT molecular complexity index is 693. The zero-order valence-electron chi connectivity index (χ0n) is 13.0. The standard InChI is InChI=1S/C17H21N3O2/c1-11-5-6-14(12(2)8-11)15-9-16(19-18-15)20-7-3-4-13(10-20)17(21)22/h5-6,8-9,13H,3-4,7,10H2,1-2H3,(H,18,19)(H,21,22). The number of carboxylic acids is 1. The smallest absolute Gasteiger partial charge is 0.308 e.